The summed E-state index contributed by atoms with van der Waals surface area (Å²) in [7, 11) is 0. The largest absolute Gasteiger partial charge is 0.487 e. The van der Waals surface area contributed by atoms with E-state index < -0.39 is 0 Å². The summed E-state index contributed by atoms with van der Waals surface area (Å²) in [5.41, 5.74) is 9.98. The van der Waals surface area contributed by atoms with Crippen molar-refractivity contribution in [2.45, 2.75) is 20.1 Å². The van der Waals surface area contributed by atoms with Crippen LogP contribution >= 0.6 is 0 Å². The van der Waals surface area contributed by atoms with Gasteiger partial charge in [-0.3, -0.25) is 9.36 Å². The molecule has 0 bridgehead atoms. The highest BCUT2D eigenvalue weighted by molar-refractivity contribution is 5.82. The second-order valence-corrected chi connectivity index (χ2v) is 8.68. The summed E-state index contributed by atoms with van der Waals surface area (Å²) in [6, 6.07) is 23.0. The smallest absolute Gasteiger partial charge is 0.266 e. The van der Waals surface area contributed by atoms with E-state index in [9.17, 15) is 4.79 Å². The van der Waals surface area contributed by atoms with Gasteiger partial charge in [-0.25, -0.2) is 19.9 Å². The normalized spacial score (nSPS) is 11.3. The number of imidazole rings is 1. The quantitative estimate of drug-likeness (QED) is 0.376. The van der Waals surface area contributed by atoms with Gasteiger partial charge in [0.25, 0.3) is 5.56 Å². The molecule has 0 radical (unpaired) electrons. The number of benzene rings is 3. The molecule has 3 heterocycles. The summed E-state index contributed by atoms with van der Waals surface area (Å²) in [5.74, 6) is 1.38. The Morgan fingerprint density at radius 3 is 2.59 bits per heavy atom. The van der Waals surface area contributed by atoms with Gasteiger partial charge >= 0.3 is 0 Å². The van der Waals surface area contributed by atoms with Crippen LogP contribution in [0, 0.1) is 6.92 Å². The number of aromatic nitrogens is 6. The first-order valence-electron chi connectivity index (χ1n) is 11.8. The minimum absolute atomic E-state index is 0.174. The van der Waals surface area contributed by atoms with Gasteiger partial charge in [-0.05, 0) is 36.2 Å². The van der Waals surface area contributed by atoms with Gasteiger partial charge in [0.15, 0.2) is 11.5 Å². The number of nitrogens with two attached hydrogens (primary N) is 1. The van der Waals surface area contributed by atoms with Crippen molar-refractivity contribution in [1.29, 1.82) is 0 Å². The molecule has 0 spiro atoms. The Bertz CT molecular complexity index is 1810. The lowest BCUT2D eigenvalue weighted by Gasteiger charge is -2.18. The lowest BCUT2D eigenvalue weighted by Crippen LogP contribution is -2.26. The van der Waals surface area contributed by atoms with Crippen LogP contribution in [0.2, 0.25) is 0 Å². The number of hydrogen-bond acceptors (Lipinski definition) is 7. The van der Waals surface area contributed by atoms with Gasteiger partial charge in [0.05, 0.1) is 29.5 Å². The Morgan fingerprint density at radius 2 is 1.73 bits per heavy atom. The van der Waals surface area contributed by atoms with E-state index in [0.717, 1.165) is 11.1 Å². The van der Waals surface area contributed by atoms with Crippen LogP contribution in [0.5, 0.6) is 5.75 Å². The van der Waals surface area contributed by atoms with E-state index in [0.29, 0.717) is 51.8 Å². The molecule has 0 saturated heterocycles. The molecule has 9 heteroatoms. The zero-order valence-electron chi connectivity index (χ0n) is 20.1. The van der Waals surface area contributed by atoms with Crippen LogP contribution in [0.15, 0.2) is 90.2 Å². The molecule has 6 rings (SSSR count). The van der Waals surface area contributed by atoms with Crippen molar-refractivity contribution in [2.24, 2.45) is 0 Å². The van der Waals surface area contributed by atoms with Gasteiger partial charge in [-0.15, -0.1) is 0 Å². The second-order valence-electron chi connectivity index (χ2n) is 8.68. The van der Waals surface area contributed by atoms with Crippen molar-refractivity contribution < 1.29 is 4.74 Å². The lowest BCUT2D eigenvalue weighted by molar-refractivity contribution is 0.305. The van der Waals surface area contributed by atoms with E-state index in [1.807, 2.05) is 79.7 Å². The molecule has 0 fully saturated rings. The number of anilines is 1. The van der Waals surface area contributed by atoms with Crippen molar-refractivity contribution in [3.05, 3.63) is 113 Å². The third-order valence-electron chi connectivity index (χ3n) is 6.26. The number of rotatable bonds is 6. The number of nitrogen functional groups attached to an aromatic ring is 1. The fourth-order valence-corrected chi connectivity index (χ4v) is 4.46. The van der Waals surface area contributed by atoms with Crippen LogP contribution in [0.4, 0.5) is 5.82 Å². The number of nitrogens with zero attached hydrogens (tertiary/aromatic N) is 6. The van der Waals surface area contributed by atoms with Crippen LogP contribution < -0.4 is 16.0 Å². The Kier molecular flexibility index (Phi) is 5.57. The van der Waals surface area contributed by atoms with Crippen molar-refractivity contribution in [3.8, 4) is 11.4 Å². The van der Waals surface area contributed by atoms with Crippen LogP contribution in [-0.2, 0) is 13.2 Å². The Morgan fingerprint density at radius 1 is 0.919 bits per heavy atom. The molecule has 0 aliphatic rings. The first-order valence-corrected chi connectivity index (χ1v) is 11.8. The fraction of sp³-hybridized carbons (Fsp3) is 0.107. The third kappa shape index (κ3) is 4.06. The number of para-hydroxylation sites is 2. The van der Waals surface area contributed by atoms with Crippen molar-refractivity contribution in [1.82, 2.24) is 29.1 Å². The number of fused-ring (bicyclic) bond motifs is 2. The van der Waals surface area contributed by atoms with Crippen LogP contribution in [0.1, 0.15) is 17.0 Å². The molecule has 6 aromatic rings. The first kappa shape index (κ1) is 22.4. The molecule has 0 saturated carbocycles. The molecule has 182 valence electrons. The lowest BCUT2D eigenvalue weighted by atomic mass is 10.1. The molecule has 2 N–H and O–H groups in total. The van der Waals surface area contributed by atoms with Crippen LogP contribution in [0.25, 0.3) is 27.8 Å². The zero-order chi connectivity index (χ0) is 25.4. The molecule has 3 aromatic carbocycles. The third-order valence-corrected chi connectivity index (χ3v) is 6.26. The average molecular weight is 490 g/mol. The zero-order valence-corrected chi connectivity index (χ0v) is 20.1. The maximum Gasteiger partial charge on any atom is 0.266 e. The van der Waals surface area contributed by atoms with E-state index in [1.54, 1.807) is 15.5 Å². The maximum absolute atomic E-state index is 14.0. The Balaban J connectivity index is 1.53. The van der Waals surface area contributed by atoms with Gasteiger partial charge in [-0.1, -0.05) is 54.6 Å². The molecule has 37 heavy (non-hydrogen) atoms. The number of hydrogen-bond donors (Lipinski definition) is 1. The summed E-state index contributed by atoms with van der Waals surface area (Å²) >= 11 is 0. The van der Waals surface area contributed by atoms with Gasteiger partial charge in [0, 0.05) is 0 Å². The summed E-state index contributed by atoms with van der Waals surface area (Å²) in [6.07, 6.45) is 3.03. The molecule has 0 aliphatic carbocycles. The highest BCUT2D eigenvalue weighted by Crippen LogP contribution is 2.26. The highest BCUT2D eigenvalue weighted by atomic mass is 16.5. The minimum atomic E-state index is -0.174. The topological polar surface area (TPSA) is 114 Å². The van der Waals surface area contributed by atoms with E-state index in [4.69, 9.17) is 15.5 Å². The van der Waals surface area contributed by atoms with E-state index in [1.165, 1.54) is 6.33 Å². The molecule has 9 nitrogen and oxygen atoms in total. The van der Waals surface area contributed by atoms with Crippen molar-refractivity contribution >= 4 is 27.9 Å². The Labute approximate surface area is 211 Å². The van der Waals surface area contributed by atoms with Crippen molar-refractivity contribution in [2.75, 3.05) is 5.73 Å². The molecule has 3 aromatic heterocycles. The van der Waals surface area contributed by atoms with Gasteiger partial charge in [-0.2, -0.15) is 0 Å². The van der Waals surface area contributed by atoms with Crippen LogP contribution in [0.3, 0.4) is 0 Å². The fourth-order valence-electron chi connectivity index (χ4n) is 4.46. The number of ether oxygens (including phenoxy) is 1. The first-order chi connectivity index (χ1) is 18.1. The maximum atomic E-state index is 14.0. The van der Waals surface area contributed by atoms with Gasteiger partial charge in [0.1, 0.15) is 30.0 Å². The van der Waals surface area contributed by atoms with Crippen LogP contribution in [-0.4, -0.2) is 29.1 Å². The summed E-state index contributed by atoms with van der Waals surface area (Å²) in [5, 5.41) is 0.561. The number of aryl methyl sites for hydroxylation is 1. The predicted molar refractivity (Wildman–Crippen MR) is 142 cm³/mol. The van der Waals surface area contributed by atoms with E-state index >= 15 is 0 Å². The second kappa shape index (κ2) is 9.19. The van der Waals surface area contributed by atoms with E-state index in [-0.39, 0.29) is 12.1 Å². The Hall–Kier alpha value is -5.05. The van der Waals surface area contributed by atoms with Gasteiger partial charge in [0.2, 0.25) is 0 Å². The predicted octanol–water partition coefficient (Wildman–Crippen LogP) is 4.04. The monoisotopic (exact) mass is 489 g/mol. The molecule has 0 aliphatic heterocycles. The molecule has 0 amide bonds. The van der Waals surface area contributed by atoms with Gasteiger partial charge < -0.3 is 15.0 Å². The minimum Gasteiger partial charge on any atom is -0.487 e. The SMILES string of the molecule is Cc1cccc2nc(Cn3cnc4c(N)ncnc43)n(-c3ccccc3OCc3ccccc3)c(=O)c12. The highest BCUT2D eigenvalue weighted by Gasteiger charge is 2.19. The molecule has 0 atom stereocenters. The average Bonchev–Trinajstić information content (AvgIpc) is 3.32. The summed E-state index contributed by atoms with van der Waals surface area (Å²) < 4.78 is 9.63. The molecule has 0 unspecified atom stereocenters. The summed E-state index contributed by atoms with van der Waals surface area (Å²) in [6.45, 7) is 2.51. The standard InChI is InChI=1S/C28H23N7O2/c1-18-8-7-11-20-24(18)28(36)35(21-12-5-6-13-22(21)37-15-19-9-3-2-4-10-19)23(33-20)14-34-17-32-25-26(29)30-16-31-27(25)34/h2-13,16-17H,14-15H2,1H3,(H2,29,30,31). The van der Waals surface area contributed by atoms with E-state index in [2.05, 4.69) is 15.0 Å². The van der Waals surface area contributed by atoms with Crippen molar-refractivity contribution in [3.63, 3.8) is 0 Å². The molecular weight excluding hydrogens is 466 g/mol. The summed E-state index contributed by atoms with van der Waals surface area (Å²) in [4.78, 5) is 31.7. The molecular formula is C28H23N7O2.